The van der Waals surface area contributed by atoms with Gasteiger partial charge in [-0.3, -0.25) is 24.5 Å². The number of pyridine rings is 2. The summed E-state index contributed by atoms with van der Waals surface area (Å²) in [7, 11) is 0. The van der Waals surface area contributed by atoms with Crippen molar-refractivity contribution < 1.29 is 9.59 Å². The van der Waals surface area contributed by atoms with E-state index >= 15 is 0 Å². The maximum Gasteiger partial charge on any atom is 0.309 e. The van der Waals surface area contributed by atoms with Crippen LogP contribution in [-0.2, 0) is 16.1 Å². The van der Waals surface area contributed by atoms with E-state index in [-0.39, 0.29) is 12.6 Å². The highest BCUT2D eigenvalue weighted by atomic mass is 16.2. The number of amides is 2. The first-order valence-corrected chi connectivity index (χ1v) is 11.1. The molecule has 1 aliphatic heterocycles. The Labute approximate surface area is 193 Å². The summed E-state index contributed by atoms with van der Waals surface area (Å²) in [5.74, 6) is -1.30. The Morgan fingerprint density at radius 1 is 0.818 bits per heavy atom. The van der Waals surface area contributed by atoms with Crippen molar-refractivity contribution in [2.75, 3.05) is 37.6 Å². The number of para-hydroxylation sites is 1. The number of aromatic nitrogens is 2. The van der Waals surface area contributed by atoms with E-state index in [1.807, 2.05) is 30.5 Å². The molecule has 1 aliphatic rings. The van der Waals surface area contributed by atoms with Gasteiger partial charge in [-0.2, -0.15) is 0 Å². The second-order valence-corrected chi connectivity index (χ2v) is 7.91. The highest BCUT2D eigenvalue weighted by Crippen LogP contribution is 2.23. The molecule has 3 heterocycles. The first-order valence-electron chi connectivity index (χ1n) is 11.1. The molecular weight excluding hydrogens is 416 g/mol. The lowest BCUT2D eigenvalue weighted by Gasteiger charge is -2.40. The summed E-state index contributed by atoms with van der Waals surface area (Å²) in [5, 5.41) is 5.45. The lowest BCUT2D eigenvalue weighted by molar-refractivity contribution is -0.139. The smallest absolute Gasteiger partial charge is 0.309 e. The number of hydrogen-bond acceptors (Lipinski definition) is 6. The molecular formula is C25H28N6O2. The van der Waals surface area contributed by atoms with E-state index < -0.39 is 11.8 Å². The van der Waals surface area contributed by atoms with Gasteiger partial charge in [0.05, 0.1) is 6.04 Å². The summed E-state index contributed by atoms with van der Waals surface area (Å²) in [6.07, 6.45) is 6.88. The molecule has 1 atom stereocenters. The van der Waals surface area contributed by atoms with Gasteiger partial charge in [0.15, 0.2) is 0 Å². The first-order chi connectivity index (χ1) is 16.2. The highest BCUT2D eigenvalue weighted by Gasteiger charge is 2.26. The van der Waals surface area contributed by atoms with E-state index in [0.717, 1.165) is 37.3 Å². The standard InChI is InChI=1S/C25H28N6O2/c32-24(28-17-20-6-4-10-26-16-20)25(33)29-19-23(21-7-5-11-27-18-21)31-14-12-30(13-15-31)22-8-2-1-3-9-22/h1-11,16,18,23H,12-15,17,19H2,(H,28,32)(H,29,33)/t23-/m1/s1. The van der Waals surface area contributed by atoms with Gasteiger partial charge in [-0.15, -0.1) is 0 Å². The van der Waals surface area contributed by atoms with Gasteiger partial charge in [-0.25, -0.2) is 0 Å². The Kier molecular flexibility index (Phi) is 7.60. The van der Waals surface area contributed by atoms with Crippen molar-refractivity contribution in [1.29, 1.82) is 0 Å². The van der Waals surface area contributed by atoms with Crippen LogP contribution in [0.5, 0.6) is 0 Å². The van der Waals surface area contributed by atoms with Crippen LogP contribution < -0.4 is 15.5 Å². The van der Waals surface area contributed by atoms with Gasteiger partial charge in [-0.1, -0.05) is 30.3 Å². The fourth-order valence-electron chi connectivity index (χ4n) is 4.00. The van der Waals surface area contributed by atoms with Crippen LogP contribution in [0.4, 0.5) is 5.69 Å². The molecule has 0 saturated carbocycles. The van der Waals surface area contributed by atoms with Gasteiger partial charge < -0.3 is 15.5 Å². The minimum absolute atomic E-state index is 0.0632. The molecule has 0 radical (unpaired) electrons. The quantitative estimate of drug-likeness (QED) is 0.540. The number of hydrogen-bond donors (Lipinski definition) is 2. The third-order valence-corrected chi connectivity index (χ3v) is 5.78. The van der Waals surface area contributed by atoms with E-state index in [1.54, 1.807) is 24.7 Å². The minimum Gasteiger partial charge on any atom is -0.369 e. The van der Waals surface area contributed by atoms with Crippen molar-refractivity contribution in [2.45, 2.75) is 12.6 Å². The minimum atomic E-state index is -0.655. The molecule has 1 aromatic carbocycles. The largest absolute Gasteiger partial charge is 0.369 e. The number of piperazine rings is 1. The topological polar surface area (TPSA) is 90.5 Å². The average Bonchev–Trinajstić information content (AvgIpc) is 2.89. The highest BCUT2D eigenvalue weighted by molar-refractivity contribution is 6.35. The SMILES string of the molecule is O=C(NCc1cccnc1)C(=O)NC[C@H](c1cccnc1)N1CCN(c2ccccc2)CC1. The molecule has 8 heteroatoms. The van der Waals surface area contributed by atoms with E-state index in [4.69, 9.17) is 0 Å². The molecule has 8 nitrogen and oxygen atoms in total. The average molecular weight is 445 g/mol. The first kappa shape index (κ1) is 22.4. The summed E-state index contributed by atoms with van der Waals surface area (Å²) >= 11 is 0. The maximum absolute atomic E-state index is 12.4. The summed E-state index contributed by atoms with van der Waals surface area (Å²) in [6, 6.07) is 17.8. The number of nitrogens with one attached hydrogen (secondary N) is 2. The summed E-state index contributed by atoms with van der Waals surface area (Å²) in [4.78, 5) is 37.7. The van der Waals surface area contributed by atoms with Gasteiger partial charge in [0.2, 0.25) is 0 Å². The number of carbonyl (C=O) groups is 2. The number of benzene rings is 1. The molecule has 0 aliphatic carbocycles. The number of rotatable bonds is 7. The van der Waals surface area contributed by atoms with Crippen LogP contribution in [0.25, 0.3) is 0 Å². The van der Waals surface area contributed by atoms with Crippen LogP contribution in [0.3, 0.4) is 0 Å². The van der Waals surface area contributed by atoms with E-state index in [0.29, 0.717) is 6.54 Å². The molecule has 0 spiro atoms. The van der Waals surface area contributed by atoms with E-state index in [9.17, 15) is 9.59 Å². The van der Waals surface area contributed by atoms with Gasteiger partial charge in [0.1, 0.15) is 0 Å². The molecule has 3 aromatic rings. The Bertz CT molecular complexity index is 1020. The zero-order chi connectivity index (χ0) is 22.9. The maximum atomic E-state index is 12.4. The fourth-order valence-corrected chi connectivity index (χ4v) is 4.00. The third kappa shape index (κ3) is 6.14. The number of carbonyl (C=O) groups excluding carboxylic acids is 2. The van der Waals surface area contributed by atoms with Crippen LogP contribution in [0.1, 0.15) is 17.2 Å². The van der Waals surface area contributed by atoms with Crippen LogP contribution in [-0.4, -0.2) is 59.4 Å². The molecule has 1 fully saturated rings. The molecule has 2 N–H and O–H groups in total. The number of nitrogens with zero attached hydrogens (tertiary/aromatic N) is 4. The van der Waals surface area contributed by atoms with Crippen LogP contribution >= 0.6 is 0 Å². The lowest BCUT2D eigenvalue weighted by Crippen LogP contribution is -2.50. The molecule has 2 aromatic heterocycles. The van der Waals surface area contributed by atoms with Gasteiger partial charge >= 0.3 is 11.8 Å². The Morgan fingerprint density at radius 3 is 2.18 bits per heavy atom. The monoisotopic (exact) mass is 444 g/mol. The molecule has 4 rings (SSSR count). The Morgan fingerprint density at radius 2 is 1.52 bits per heavy atom. The van der Waals surface area contributed by atoms with Crippen molar-refractivity contribution in [2.24, 2.45) is 0 Å². The van der Waals surface area contributed by atoms with Gasteiger partial charge in [-0.05, 0) is 35.4 Å². The summed E-state index contributed by atoms with van der Waals surface area (Å²) in [5.41, 5.74) is 3.07. The van der Waals surface area contributed by atoms with Crippen molar-refractivity contribution in [1.82, 2.24) is 25.5 Å². The Hall–Kier alpha value is -3.78. The van der Waals surface area contributed by atoms with Gasteiger partial charge in [0.25, 0.3) is 0 Å². The normalized spacial score (nSPS) is 15.0. The molecule has 170 valence electrons. The van der Waals surface area contributed by atoms with E-state index in [2.05, 4.69) is 54.7 Å². The third-order valence-electron chi connectivity index (χ3n) is 5.78. The zero-order valence-corrected chi connectivity index (χ0v) is 18.4. The van der Waals surface area contributed by atoms with Crippen molar-refractivity contribution in [3.05, 3.63) is 90.5 Å². The summed E-state index contributed by atoms with van der Waals surface area (Å²) in [6.45, 7) is 4.06. The second-order valence-electron chi connectivity index (χ2n) is 7.91. The predicted octanol–water partition coefficient (Wildman–Crippen LogP) is 1.77. The predicted molar refractivity (Wildman–Crippen MR) is 126 cm³/mol. The second kappa shape index (κ2) is 11.2. The summed E-state index contributed by atoms with van der Waals surface area (Å²) < 4.78 is 0. The van der Waals surface area contributed by atoms with Crippen molar-refractivity contribution >= 4 is 17.5 Å². The van der Waals surface area contributed by atoms with E-state index in [1.165, 1.54) is 5.69 Å². The number of anilines is 1. The molecule has 33 heavy (non-hydrogen) atoms. The lowest BCUT2D eigenvalue weighted by atomic mass is 10.1. The molecule has 0 bridgehead atoms. The molecule has 1 saturated heterocycles. The van der Waals surface area contributed by atoms with Crippen LogP contribution in [0.2, 0.25) is 0 Å². The zero-order valence-electron chi connectivity index (χ0n) is 18.4. The van der Waals surface area contributed by atoms with Crippen LogP contribution in [0.15, 0.2) is 79.4 Å². The van der Waals surface area contributed by atoms with Crippen LogP contribution in [0, 0.1) is 0 Å². The fraction of sp³-hybridized carbons (Fsp3) is 0.280. The van der Waals surface area contributed by atoms with Crippen molar-refractivity contribution in [3.8, 4) is 0 Å². The van der Waals surface area contributed by atoms with Gasteiger partial charge in [0, 0.05) is 69.7 Å². The molecule has 0 unspecified atom stereocenters. The Balaban J connectivity index is 1.34. The van der Waals surface area contributed by atoms with Crippen molar-refractivity contribution in [3.63, 3.8) is 0 Å². The molecule has 2 amide bonds.